The van der Waals surface area contributed by atoms with Gasteiger partial charge < -0.3 is 25.0 Å². The summed E-state index contributed by atoms with van der Waals surface area (Å²) in [5.41, 5.74) is -2.73. The first-order chi connectivity index (χ1) is 17.3. The molecule has 1 aromatic heterocycles. The van der Waals surface area contributed by atoms with Gasteiger partial charge >= 0.3 is 0 Å². The molecule has 7 nitrogen and oxygen atoms in total. The van der Waals surface area contributed by atoms with Crippen molar-refractivity contribution in [3.8, 4) is 11.5 Å². The van der Waals surface area contributed by atoms with Gasteiger partial charge in [0, 0.05) is 10.4 Å². The van der Waals surface area contributed by atoms with E-state index < -0.39 is 48.0 Å². The Morgan fingerprint density at radius 3 is 2.53 bits per heavy atom. The molecule has 0 bridgehead atoms. The van der Waals surface area contributed by atoms with Crippen LogP contribution >= 0.6 is 15.9 Å². The fraction of sp³-hybridized carbons (Fsp3) is 0.308. The summed E-state index contributed by atoms with van der Waals surface area (Å²) in [6.07, 6.45) is -1.74. The van der Waals surface area contributed by atoms with Crippen LogP contribution in [0.4, 0.5) is 8.78 Å². The molecule has 5 rings (SSSR count). The van der Waals surface area contributed by atoms with E-state index in [1.165, 1.54) is 19.5 Å². The van der Waals surface area contributed by atoms with Crippen LogP contribution in [-0.2, 0) is 16.0 Å². The van der Waals surface area contributed by atoms with Crippen LogP contribution in [0.2, 0.25) is 0 Å². The fourth-order valence-electron chi connectivity index (χ4n) is 5.68. The number of nitrogens with zero attached hydrogens (tertiary/aromatic N) is 1. The molecule has 2 heterocycles. The van der Waals surface area contributed by atoms with Crippen molar-refractivity contribution < 1.29 is 33.3 Å². The van der Waals surface area contributed by atoms with E-state index in [4.69, 9.17) is 9.47 Å². The van der Waals surface area contributed by atoms with Gasteiger partial charge in [-0.1, -0.05) is 58.4 Å². The summed E-state index contributed by atoms with van der Waals surface area (Å²) in [4.78, 5) is 17.5. The topological polar surface area (TPSA) is 101 Å². The van der Waals surface area contributed by atoms with Gasteiger partial charge in [-0.3, -0.25) is 9.78 Å². The monoisotopic (exact) mass is 560 g/mol. The molecular formula is C26H23BrF2N2O5. The molecule has 1 aliphatic heterocycles. The number of alkyl halides is 2. The number of benzene rings is 2. The first-order valence-electron chi connectivity index (χ1n) is 11.2. The Balaban J connectivity index is 1.81. The lowest BCUT2D eigenvalue weighted by molar-refractivity contribution is -0.154. The highest BCUT2D eigenvalue weighted by molar-refractivity contribution is 9.10. The molecule has 36 heavy (non-hydrogen) atoms. The summed E-state index contributed by atoms with van der Waals surface area (Å²) >= 11 is 3.41. The molecule has 0 radical (unpaired) electrons. The number of carbonyl (C=O) groups excluding carboxylic acids is 1. The molecule has 2 aliphatic rings. The third-order valence-corrected chi connectivity index (χ3v) is 7.57. The van der Waals surface area contributed by atoms with Gasteiger partial charge in [0.15, 0.2) is 11.2 Å². The fourth-order valence-corrected chi connectivity index (χ4v) is 5.94. The number of aliphatic hydroxyl groups excluding tert-OH is 1. The van der Waals surface area contributed by atoms with E-state index >= 15 is 0 Å². The number of fused-ring (bicyclic) bond motifs is 3. The number of aromatic nitrogens is 1. The third-order valence-electron chi connectivity index (χ3n) is 7.04. The lowest BCUT2D eigenvalue weighted by Gasteiger charge is -2.40. The van der Waals surface area contributed by atoms with Crippen LogP contribution in [0.3, 0.4) is 0 Å². The highest BCUT2D eigenvalue weighted by Crippen LogP contribution is 2.69. The summed E-state index contributed by atoms with van der Waals surface area (Å²) in [5.74, 6) is -2.80. The summed E-state index contributed by atoms with van der Waals surface area (Å²) in [5, 5.41) is 26.5. The van der Waals surface area contributed by atoms with E-state index in [0.717, 1.165) is 4.47 Å². The Kier molecular flexibility index (Phi) is 6.22. The number of halogens is 3. The number of pyridine rings is 1. The molecule has 1 fully saturated rings. The number of amides is 1. The van der Waals surface area contributed by atoms with Crippen LogP contribution in [0, 0.1) is 5.92 Å². The number of hydrogen-bond donors (Lipinski definition) is 3. The minimum Gasteiger partial charge on any atom is -0.495 e. The van der Waals surface area contributed by atoms with E-state index in [0.29, 0.717) is 11.1 Å². The van der Waals surface area contributed by atoms with Gasteiger partial charge in [0.05, 0.1) is 37.5 Å². The zero-order valence-electron chi connectivity index (χ0n) is 19.1. The number of aliphatic hydroxyl groups is 2. The average molecular weight is 561 g/mol. The molecule has 1 aliphatic carbocycles. The second-order valence-corrected chi connectivity index (χ2v) is 9.74. The molecule has 3 aromatic rings. The number of methoxy groups -OCH3 is 1. The maximum Gasteiger partial charge on any atom is 0.255 e. The summed E-state index contributed by atoms with van der Waals surface area (Å²) in [6, 6.07) is 15.8. The minimum atomic E-state index is -2.78. The maximum atomic E-state index is 13.4. The van der Waals surface area contributed by atoms with Crippen LogP contribution < -0.4 is 14.8 Å². The van der Waals surface area contributed by atoms with Crippen molar-refractivity contribution in [3.63, 3.8) is 0 Å². The minimum absolute atomic E-state index is 0.139. The molecule has 1 amide bonds. The quantitative estimate of drug-likeness (QED) is 0.426. The van der Waals surface area contributed by atoms with Gasteiger partial charge in [0.1, 0.15) is 17.6 Å². The SMILES string of the molecule is COc1cncc2c1[C@]1(O)[C@H](O)[C@H](C(=O)NCC(F)F)[C@@H](c3ccccc3)[C@]1(c1ccc(Br)cc1)O2. The van der Waals surface area contributed by atoms with Crippen molar-refractivity contribution in [1.29, 1.82) is 0 Å². The van der Waals surface area contributed by atoms with Crippen molar-refractivity contribution >= 4 is 21.8 Å². The third kappa shape index (κ3) is 3.42. The predicted molar refractivity (Wildman–Crippen MR) is 129 cm³/mol. The molecule has 5 atom stereocenters. The van der Waals surface area contributed by atoms with Crippen molar-refractivity contribution in [2.75, 3.05) is 13.7 Å². The normalized spacial score (nSPS) is 28.4. The molecule has 188 valence electrons. The van der Waals surface area contributed by atoms with Crippen LogP contribution in [0.25, 0.3) is 0 Å². The molecule has 0 spiro atoms. The van der Waals surface area contributed by atoms with E-state index in [2.05, 4.69) is 26.2 Å². The molecule has 10 heteroatoms. The van der Waals surface area contributed by atoms with Gasteiger partial charge in [0.25, 0.3) is 6.43 Å². The first kappa shape index (κ1) is 24.6. The zero-order valence-corrected chi connectivity index (χ0v) is 20.7. The Labute approximate surface area is 214 Å². The van der Waals surface area contributed by atoms with Crippen molar-refractivity contribution in [2.24, 2.45) is 5.92 Å². The van der Waals surface area contributed by atoms with E-state index in [1.807, 2.05) is 0 Å². The van der Waals surface area contributed by atoms with Crippen molar-refractivity contribution in [3.05, 3.63) is 88.2 Å². The molecular weight excluding hydrogens is 538 g/mol. The highest BCUT2D eigenvalue weighted by atomic mass is 79.9. The summed E-state index contributed by atoms with van der Waals surface area (Å²) in [7, 11) is 1.39. The van der Waals surface area contributed by atoms with Crippen molar-refractivity contribution in [2.45, 2.75) is 29.6 Å². The molecule has 0 saturated heterocycles. The summed E-state index contributed by atoms with van der Waals surface area (Å²) < 4.78 is 38.8. The van der Waals surface area contributed by atoms with E-state index in [9.17, 15) is 23.8 Å². The van der Waals surface area contributed by atoms with Gasteiger partial charge in [0.2, 0.25) is 5.91 Å². The standard InChI is InChI=1S/C26H23BrF2N2O5/c1-35-17-11-30-12-18-22(17)25(34)23(32)20(24(33)31-13-19(28)29)21(14-5-3-2-4-6-14)26(25,36-18)15-7-9-16(27)10-8-15/h2-12,19-21,23,32,34H,13H2,1H3,(H,31,33)/t20-,21-,23-,25+,26+/m1/s1. The van der Waals surface area contributed by atoms with Gasteiger partial charge in [-0.2, -0.15) is 0 Å². The second-order valence-electron chi connectivity index (χ2n) is 8.82. The van der Waals surface area contributed by atoms with Crippen molar-refractivity contribution in [1.82, 2.24) is 10.3 Å². The number of carbonyl (C=O) groups is 1. The smallest absolute Gasteiger partial charge is 0.255 e. The molecule has 1 saturated carbocycles. The second kappa shape index (κ2) is 9.10. The van der Waals surface area contributed by atoms with Crippen LogP contribution in [0.15, 0.2) is 71.5 Å². The number of nitrogens with one attached hydrogen (secondary N) is 1. The lowest BCUT2D eigenvalue weighted by Crippen LogP contribution is -2.52. The Bertz CT molecular complexity index is 1280. The molecule has 2 aromatic carbocycles. The van der Waals surface area contributed by atoms with Crippen LogP contribution in [0.1, 0.15) is 22.6 Å². The largest absolute Gasteiger partial charge is 0.495 e. The van der Waals surface area contributed by atoms with Crippen LogP contribution in [0.5, 0.6) is 11.5 Å². The van der Waals surface area contributed by atoms with Gasteiger partial charge in [-0.15, -0.1) is 0 Å². The highest BCUT2D eigenvalue weighted by Gasteiger charge is 2.78. The maximum absolute atomic E-state index is 13.4. The Morgan fingerprint density at radius 1 is 1.19 bits per heavy atom. The number of rotatable bonds is 6. The van der Waals surface area contributed by atoms with E-state index in [-0.39, 0.29) is 17.1 Å². The van der Waals surface area contributed by atoms with Gasteiger partial charge in [-0.05, 0) is 23.3 Å². The molecule has 3 N–H and O–H groups in total. The predicted octanol–water partition coefficient (Wildman–Crippen LogP) is 3.48. The average Bonchev–Trinajstić information content (AvgIpc) is 3.26. The first-order valence-corrected chi connectivity index (χ1v) is 12.0. The molecule has 0 unspecified atom stereocenters. The lowest BCUT2D eigenvalue weighted by atomic mass is 9.70. The Hall–Kier alpha value is -3.08. The Morgan fingerprint density at radius 2 is 1.89 bits per heavy atom. The van der Waals surface area contributed by atoms with E-state index in [1.54, 1.807) is 54.6 Å². The van der Waals surface area contributed by atoms with Gasteiger partial charge in [-0.25, -0.2) is 8.78 Å². The van der Waals surface area contributed by atoms with Crippen LogP contribution in [-0.4, -0.2) is 47.3 Å². The number of hydrogen-bond acceptors (Lipinski definition) is 6. The number of ether oxygens (including phenoxy) is 2. The summed E-state index contributed by atoms with van der Waals surface area (Å²) in [6.45, 7) is -0.891. The zero-order chi connectivity index (χ0) is 25.7.